The topological polar surface area (TPSA) is 192 Å². The lowest BCUT2D eigenvalue weighted by Crippen LogP contribution is -2.40. The molecule has 0 aromatic carbocycles. The molecule has 358 valence electrons. The number of aliphatic hydroxyl groups excluding tert-OH is 1. The van der Waals surface area contributed by atoms with E-state index in [4.69, 9.17) is 29.4 Å². The van der Waals surface area contributed by atoms with Crippen molar-refractivity contribution in [2.75, 3.05) is 53.3 Å². The molecule has 0 saturated carbocycles. The SMILES string of the molecule is CCCCC/C=C\C\C=C/C=C/C=C/[C@@H](SC[C@H](N)C(=O)O[C@H](COC(=O)CCCCCCC/C=C\CCCCCC)COP(=O)(O)OCC[N+](C)(C)C)[C@@H](O)CCCC(=O)O. The quantitative estimate of drug-likeness (QED) is 0.0113. The average Bonchev–Trinajstić information content (AvgIpc) is 3.21. The van der Waals surface area contributed by atoms with E-state index in [0.29, 0.717) is 17.4 Å². The van der Waals surface area contributed by atoms with E-state index < -0.39 is 62.4 Å². The molecule has 0 aliphatic carbocycles. The van der Waals surface area contributed by atoms with Crippen molar-refractivity contribution in [3.05, 3.63) is 60.8 Å². The predicted molar refractivity (Wildman–Crippen MR) is 253 cm³/mol. The molecule has 5 N–H and O–H groups in total. The fourth-order valence-electron chi connectivity index (χ4n) is 5.73. The van der Waals surface area contributed by atoms with Crippen LogP contribution in [-0.2, 0) is 37.5 Å². The fourth-order valence-corrected chi connectivity index (χ4v) is 7.59. The van der Waals surface area contributed by atoms with E-state index in [1.54, 1.807) is 12.2 Å². The van der Waals surface area contributed by atoms with E-state index in [-0.39, 0.29) is 38.0 Å². The van der Waals surface area contributed by atoms with Gasteiger partial charge < -0.3 is 34.8 Å². The van der Waals surface area contributed by atoms with E-state index in [1.807, 2.05) is 45.4 Å². The second-order valence-electron chi connectivity index (χ2n) is 16.6. The van der Waals surface area contributed by atoms with Gasteiger partial charge in [0.25, 0.3) is 0 Å². The van der Waals surface area contributed by atoms with Gasteiger partial charge in [-0.25, -0.2) is 4.57 Å². The lowest BCUT2D eigenvalue weighted by Gasteiger charge is -2.25. The third-order valence-corrected chi connectivity index (χ3v) is 11.9. The standard InChI is InChI=1S/C47H83N2O11PS/c1-6-8-10-12-14-16-18-20-22-24-26-28-30-35-46(53)57-38-41(39-59-61(55,56)58-37-36-49(3,4)5)60-47(54)42(48)40-62-44(43(50)32-31-34-45(51)52)33-29-27-25-23-21-19-17-15-13-11-9-7-2/h15-18,21,23,25,27,29,33,41-44,50H,6-14,19-20,22,24,26,28,30-32,34-40,48H2,1-5H3,(H-,51,52,55,56)/p+1/b17-15-,18-16-,23-21-,27-25+,33-29+/t41-,42+,43+,44-/m1/s1. The average molecular weight is 916 g/mol. The maximum atomic E-state index is 13.2. The van der Waals surface area contributed by atoms with E-state index in [2.05, 4.69) is 38.2 Å². The molecule has 0 rings (SSSR count). The number of nitrogens with zero attached hydrogens (tertiary/aromatic N) is 1. The number of carbonyl (C=O) groups excluding carboxylic acids is 2. The summed E-state index contributed by atoms with van der Waals surface area (Å²) in [5.74, 6) is -2.29. The predicted octanol–water partition coefficient (Wildman–Crippen LogP) is 9.78. The van der Waals surface area contributed by atoms with Gasteiger partial charge in [-0.2, -0.15) is 0 Å². The number of allylic oxidation sites excluding steroid dienone is 9. The Kier molecular flexibility index (Phi) is 37.3. The highest BCUT2D eigenvalue weighted by molar-refractivity contribution is 8.00. The third-order valence-electron chi connectivity index (χ3n) is 9.52. The van der Waals surface area contributed by atoms with E-state index in [1.165, 1.54) is 56.7 Å². The van der Waals surface area contributed by atoms with Crippen molar-refractivity contribution in [3.63, 3.8) is 0 Å². The Bertz CT molecular complexity index is 1370. The highest BCUT2D eigenvalue weighted by Gasteiger charge is 2.29. The molecule has 0 aliphatic rings. The second-order valence-corrected chi connectivity index (χ2v) is 19.3. The number of carboxylic acid groups (broad SMARTS) is 1. The highest BCUT2D eigenvalue weighted by Crippen LogP contribution is 2.43. The molecular formula is C47H84N2O11PS+. The number of carboxylic acids is 1. The lowest BCUT2D eigenvalue weighted by atomic mass is 10.1. The fraction of sp³-hybridized carbons (Fsp3) is 0.723. The molecule has 0 amide bonds. The Hall–Kier alpha value is -2.55. The number of nitrogens with two attached hydrogens (primary N) is 1. The summed E-state index contributed by atoms with van der Waals surface area (Å²) in [7, 11) is 1.17. The number of phosphoric acid groups is 1. The van der Waals surface area contributed by atoms with Gasteiger partial charge in [-0.05, 0) is 64.2 Å². The zero-order chi connectivity index (χ0) is 46.3. The first-order valence-corrected chi connectivity index (χ1v) is 25.5. The summed E-state index contributed by atoms with van der Waals surface area (Å²) in [4.78, 5) is 47.2. The first kappa shape index (κ1) is 59.5. The number of aliphatic hydroxyl groups is 1. The summed E-state index contributed by atoms with van der Waals surface area (Å²) in [6, 6.07) is -1.18. The number of unbranched alkanes of at least 4 members (excludes halogenated alkanes) is 12. The second kappa shape index (κ2) is 38.9. The minimum atomic E-state index is -4.54. The monoisotopic (exact) mass is 916 g/mol. The molecular weight excluding hydrogens is 832 g/mol. The first-order chi connectivity index (χ1) is 29.6. The minimum absolute atomic E-state index is 0.0212. The normalized spacial score (nSPS) is 15.5. The Morgan fingerprint density at radius 2 is 1.34 bits per heavy atom. The van der Waals surface area contributed by atoms with Gasteiger partial charge in [0.2, 0.25) is 0 Å². The first-order valence-electron chi connectivity index (χ1n) is 23.0. The molecule has 5 atom stereocenters. The molecule has 0 heterocycles. The number of hydrogen-bond acceptors (Lipinski definition) is 11. The molecule has 13 nitrogen and oxygen atoms in total. The molecule has 0 radical (unpaired) electrons. The van der Waals surface area contributed by atoms with Crippen molar-refractivity contribution < 1.29 is 57.1 Å². The highest BCUT2D eigenvalue weighted by atomic mass is 32.2. The van der Waals surface area contributed by atoms with E-state index >= 15 is 0 Å². The Balaban J connectivity index is 5.33. The van der Waals surface area contributed by atoms with Crippen LogP contribution >= 0.6 is 19.6 Å². The van der Waals surface area contributed by atoms with Crippen molar-refractivity contribution in [1.29, 1.82) is 0 Å². The van der Waals surface area contributed by atoms with Crippen molar-refractivity contribution in [1.82, 2.24) is 0 Å². The number of ether oxygens (including phenoxy) is 2. The van der Waals surface area contributed by atoms with Crippen LogP contribution < -0.4 is 5.73 Å². The van der Waals surface area contributed by atoms with Crippen LogP contribution in [0.15, 0.2) is 60.8 Å². The number of quaternary nitrogens is 1. The number of hydrogen-bond donors (Lipinski definition) is 4. The zero-order valence-electron chi connectivity index (χ0n) is 38.7. The van der Waals surface area contributed by atoms with Gasteiger partial charge in [-0.3, -0.25) is 23.4 Å². The van der Waals surface area contributed by atoms with Crippen LogP contribution in [0.3, 0.4) is 0 Å². The minimum Gasteiger partial charge on any atom is -0.481 e. The number of likely N-dealkylation sites (N-methyl/N-ethyl adjacent to an activating group) is 1. The van der Waals surface area contributed by atoms with Gasteiger partial charge in [0.15, 0.2) is 6.10 Å². The van der Waals surface area contributed by atoms with Crippen molar-refractivity contribution >= 4 is 37.5 Å². The zero-order valence-corrected chi connectivity index (χ0v) is 40.5. The summed E-state index contributed by atoms with van der Waals surface area (Å²) >= 11 is 1.21. The molecule has 0 aromatic heterocycles. The summed E-state index contributed by atoms with van der Waals surface area (Å²) in [6.07, 6.45) is 36.0. The van der Waals surface area contributed by atoms with Crippen molar-refractivity contribution in [2.24, 2.45) is 5.73 Å². The number of phosphoric ester groups is 1. The Morgan fingerprint density at radius 3 is 2.00 bits per heavy atom. The van der Waals surface area contributed by atoms with Crippen LogP contribution in [0, 0.1) is 0 Å². The molecule has 0 aliphatic heterocycles. The smallest absolute Gasteiger partial charge is 0.472 e. The summed E-state index contributed by atoms with van der Waals surface area (Å²) in [5, 5.41) is 19.5. The molecule has 15 heteroatoms. The number of esters is 2. The number of thioether (sulfide) groups is 1. The van der Waals surface area contributed by atoms with Crippen LogP contribution in [0.2, 0.25) is 0 Å². The van der Waals surface area contributed by atoms with Crippen LogP contribution in [0.4, 0.5) is 0 Å². The summed E-state index contributed by atoms with van der Waals surface area (Å²) < 4.78 is 34.4. The van der Waals surface area contributed by atoms with Gasteiger partial charge in [0.1, 0.15) is 25.8 Å². The van der Waals surface area contributed by atoms with Gasteiger partial charge in [0, 0.05) is 23.8 Å². The van der Waals surface area contributed by atoms with Crippen LogP contribution in [0.25, 0.3) is 0 Å². The van der Waals surface area contributed by atoms with E-state index in [0.717, 1.165) is 51.4 Å². The largest absolute Gasteiger partial charge is 0.481 e. The van der Waals surface area contributed by atoms with Crippen LogP contribution in [0.1, 0.15) is 142 Å². The molecule has 0 saturated heterocycles. The van der Waals surface area contributed by atoms with Crippen molar-refractivity contribution in [3.8, 4) is 0 Å². The van der Waals surface area contributed by atoms with Crippen LogP contribution in [0.5, 0.6) is 0 Å². The number of carbonyl (C=O) groups is 3. The van der Waals surface area contributed by atoms with Gasteiger partial charge >= 0.3 is 25.7 Å². The Morgan fingerprint density at radius 1 is 0.742 bits per heavy atom. The van der Waals surface area contributed by atoms with Gasteiger partial charge in [0.05, 0.1) is 33.9 Å². The van der Waals surface area contributed by atoms with Gasteiger partial charge in [-0.1, -0.05) is 126 Å². The molecule has 0 fully saturated rings. The third kappa shape index (κ3) is 39.1. The molecule has 62 heavy (non-hydrogen) atoms. The van der Waals surface area contributed by atoms with Crippen molar-refractivity contribution in [2.45, 2.75) is 166 Å². The van der Waals surface area contributed by atoms with Crippen LogP contribution in [-0.4, -0.2) is 114 Å². The van der Waals surface area contributed by atoms with Gasteiger partial charge in [-0.15, -0.1) is 11.8 Å². The molecule has 0 bridgehead atoms. The van der Waals surface area contributed by atoms with E-state index in [9.17, 15) is 28.9 Å². The number of rotatable bonds is 41. The lowest BCUT2D eigenvalue weighted by molar-refractivity contribution is -0.870. The number of aliphatic carboxylic acids is 1. The summed E-state index contributed by atoms with van der Waals surface area (Å²) in [6.45, 7) is 3.76. The molecule has 1 unspecified atom stereocenters. The maximum Gasteiger partial charge on any atom is 0.472 e. The summed E-state index contributed by atoms with van der Waals surface area (Å²) in [5.41, 5.74) is 6.24. The Labute approximate surface area is 378 Å². The molecule has 0 spiro atoms. The molecule has 0 aromatic rings. The maximum absolute atomic E-state index is 13.2.